The van der Waals surface area contributed by atoms with E-state index in [2.05, 4.69) is 25.2 Å². The Bertz CT molecular complexity index is 2470. The molecule has 2 aliphatic carbocycles. The summed E-state index contributed by atoms with van der Waals surface area (Å²) in [5.41, 5.74) is 3.52. The average molecular weight is 820 g/mol. The minimum atomic E-state index is -5.08. The van der Waals surface area contributed by atoms with Crippen molar-refractivity contribution < 1.29 is 43.9 Å². The molecule has 2 aromatic carbocycles. The van der Waals surface area contributed by atoms with Crippen LogP contribution in [0.1, 0.15) is 53.0 Å². The first-order valence-electron chi connectivity index (χ1n) is 16.0. The first kappa shape index (κ1) is 37.7. The number of pyridine rings is 1. The normalized spacial score (nSPS) is 18.3. The Balaban J connectivity index is 1.36. The molecule has 0 bridgehead atoms. The van der Waals surface area contributed by atoms with Crippen LogP contribution in [-0.2, 0) is 46.9 Å². The summed E-state index contributed by atoms with van der Waals surface area (Å²) < 4.78 is 130. The van der Waals surface area contributed by atoms with Crippen LogP contribution in [0.5, 0.6) is 0 Å². The van der Waals surface area contributed by atoms with Gasteiger partial charge in [0.2, 0.25) is 15.9 Å². The molecule has 2 aliphatic rings. The molecule has 1 saturated carbocycles. The maximum absolute atomic E-state index is 15.5. The molecule has 3 atom stereocenters. The van der Waals surface area contributed by atoms with Crippen molar-refractivity contribution in [3.05, 3.63) is 86.4 Å². The second kappa shape index (κ2) is 13.0. The smallest absolute Gasteiger partial charge is 0.396 e. The summed E-state index contributed by atoms with van der Waals surface area (Å²) in [6.07, 6.45) is -4.48. The summed E-state index contributed by atoms with van der Waals surface area (Å²) in [5, 5.41) is 10.2. The van der Waals surface area contributed by atoms with Gasteiger partial charge in [-0.3, -0.25) is 18.9 Å². The van der Waals surface area contributed by atoms with Crippen molar-refractivity contribution in [2.45, 2.75) is 49.9 Å². The van der Waals surface area contributed by atoms with E-state index in [9.17, 15) is 35.2 Å². The Morgan fingerprint density at radius 3 is 2.37 bits per heavy atom. The van der Waals surface area contributed by atoms with E-state index in [0.717, 1.165) is 18.4 Å². The molecule has 1 amide bonds. The monoisotopic (exact) mass is 818 g/mol. The number of alkyl halides is 5. The molecule has 0 radical (unpaired) electrons. The van der Waals surface area contributed by atoms with E-state index >= 15 is 8.78 Å². The molecule has 0 spiro atoms. The zero-order chi connectivity index (χ0) is 39.2. The molecule has 11 nitrogen and oxygen atoms in total. The second-order valence-electron chi connectivity index (χ2n) is 13.2. The largest absolute Gasteiger partial charge is 0.435 e. The number of halogens is 9. The minimum absolute atomic E-state index is 0.00506. The summed E-state index contributed by atoms with van der Waals surface area (Å²) in [6.45, 7) is -1.09. The van der Waals surface area contributed by atoms with Gasteiger partial charge in [-0.1, -0.05) is 29.3 Å². The van der Waals surface area contributed by atoms with Crippen molar-refractivity contribution in [2.24, 2.45) is 13.0 Å². The van der Waals surface area contributed by atoms with E-state index < -0.39 is 87.5 Å². The average Bonchev–Trinajstić information content (AvgIpc) is 3.58. The van der Waals surface area contributed by atoms with Gasteiger partial charge in [-0.2, -0.15) is 32.1 Å². The Hall–Kier alpha value is -4.62. The number of hydrogen-bond donors (Lipinski definition) is 3. The lowest BCUT2D eigenvalue weighted by molar-refractivity contribution is -0.144. The molecule has 4 N–H and O–H groups in total. The van der Waals surface area contributed by atoms with Crippen molar-refractivity contribution in [1.82, 2.24) is 29.9 Å². The highest BCUT2D eigenvalue weighted by molar-refractivity contribution is 7.92. The molecule has 3 aromatic heterocycles. The highest BCUT2D eigenvalue weighted by Gasteiger charge is 2.63. The Labute approximate surface area is 311 Å². The first-order valence-corrected chi connectivity index (χ1v) is 18.7. The minimum Gasteiger partial charge on any atom is -0.396 e. The van der Waals surface area contributed by atoms with Crippen LogP contribution in [0.3, 0.4) is 0 Å². The zero-order valence-electron chi connectivity index (χ0n) is 27.9. The Kier molecular flexibility index (Phi) is 9.08. The van der Waals surface area contributed by atoms with Crippen LogP contribution >= 0.6 is 23.2 Å². The third-order valence-corrected chi connectivity index (χ3v) is 10.7. The molecule has 1 fully saturated rings. The maximum atomic E-state index is 15.5. The van der Waals surface area contributed by atoms with Crippen LogP contribution in [0.15, 0.2) is 36.4 Å². The van der Waals surface area contributed by atoms with Crippen LogP contribution in [0.4, 0.5) is 42.2 Å². The number of benzene rings is 2. The van der Waals surface area contributed by atoms with E-state index in [0.29, 0.717) is 10.7 Å². The highest BCUT2D eigenvalue weighted by atomic mass is 35.5. The molecular weight excluding hydrogens is 792 g/mol. The molecule has 5 aromatic rings. The number of sulfonamides is 1. The summed E-state index contributed by atoms with van der Waals surface area (Å²) in [6, 6.07) is 5.44. The van der Waals surface area contributed by atoms with Gasteiger partial charge in [0.25, 0.3) is 5.92 Å². The van der Waals surface area contributed by atoms with Crippen molar-refractivity contribution in [1.29, 1.82) is 0 Å². The van der Waals surface area contributed by atoms with Gasteiger partial charge in [0.1, 0.15) is 23.9 Å². The lowest BCUT2D eigenvalue weighted by Crippen LogP contribution is -2.36. The van der Waals surface area contributed by atoms with Gasteiger partial charge in [-0.15, -0.1) is 0 Å². The number of carbonyl (C=O) groups excluding carboxylic acids is 1. The highest BCUT2D eigenvalue weighted by Crippen LogP contribution is 2.64. The SMILES string of the molecule is Cn1nc(NS(C)(=O)=O)c2c(Cl)ccc(-c3cc(N)c(Cl)nc3C(Cc3cc(F)cc(F)c3)NC(=O)Cn3nc(C(F)(F)F)c4c3C(F)(F)C3CCC43)c21. The standard InChI is InChI=1S/C33H27Cl2F7N8O3S/c1-49-27-16(4-6-20(34)25(27)31(47-49)48-54(2,52)53)18-11-21(43)30(35)45-26(18)22(9-13-7-14(36)10-15(37)8-13)44-23(51)12-50-29-24(28(46-50)33(40,41)42)17-3-5-19(17)32(29,38)39/h4,6-8,10-11,17,19,22H,3,5,9,12,43H2,1-2H3,(H,44,51)(H,47,48). The van der Waals surface area contributed by atoms with Gasteiger partial charge in [0, 0.05) is 35.7 Å². The molecule has 21 heteroatoms. The first-order chi connectivity index (χ1) is 25.1. The Morgan fingerprint density at radius 1 is 1.07 bits per heavy atom. The zero-order valence-corrected chi connectivity index (χ0v) is 30.2. The molecule has 54 heavy (non-hydrogen) atoms. The van der Waals surface area contributed by atoms with Crippen molar-refractivity contribution in [3.63, 3.8) is 0 Å². The topological polar surface area (TPSA) is 150 Å². The van der Waals surface area contributed by atoms with Gasteiger partial charge in [-0.25, -0.2) is 22.2 Å². The van der Waals surface area contributed by atoms with Crippen LogP contribution in [0.25, 0.3) is 22.0 Å². The van der Waals surface area contributed by atoms with Crippen LogP contribution < -0.4 is 15.8 Å². The third kappa shape index (κ3) is 6.59. The van der Waals surface area contributed by atoms with Gasteiger partial charge in [0.05, 0.1) is 39.6 Å². The molecule has 0 saturated heterocycles. The summed E-state index contributed by atoms with van der Waals surface area (Å²) in [7, 11) is -2.36. The number of rotatable bonds is 9. The molecule has 0 aliphatic heterocycles. The van der Waals surface area contributed by atoms with Gasteiger partial charge < -0.3 is 11.1 Å². The van der Waals surface area contributed by atoms with Gasteiger partial charge in [0.15, 0.2) is 16.7 Å². The number of aromatic nitrogens is 5. The number of nitrogen functional groups attached to an aromatic ring is 1. The predicted molar refractivity (Wildman–Crippen MR) is 184 cm³/mol. The summed E-state index contributed by atoms with van der Waals surface area (Å²) >= 11 is 12.9. The maximum Gasteiger partial charge on any atom is 0.435 e. The fraction of sp³-hybridized carbons (Fsp3) is 0.333. The fourth-order valence-corrected chi connectivity index (χ4v) is 8.24. The molecule has 3 unspecified atom stereocenters. The third-order valence-electron chi connectivity index (χ3n) is 9.55. The van der Waals surface area contributed by atoms with E-state index in [1.54, 1.807) is 0 Å². The van der Waals surface area contributed by atoms with E-state index in [4.69, 9.17) is 28.9 Å². The number of nitrogens with one attached hydrogen (secondary N) is 2. The van der Waals surface area contributed by atoms with E-state index in [1.165, 1.54) is 29.9 Å². The summed E-state index contributed by atoms with van der Waals surface area (Å²) in [5.74, 6) is -9.30. The lowest BCUT2D eigenvalue weighted by atomic mass is 9.73. The number of anilines is 2. The fourth-order valence-electron chi connectivity index (χ4n) is 7.36. The van der Waals surface area contributed by atoms with Gasteiger partial charge in [-0.05, 0) is 55.0 Å². The number of nitrogens with zero attached hydrogens (tertiary/aromatic N) is 5. The predicted octanol–water partition coefficient (Wildman–Crippen LogP) is 7.09. The van der Waals surface area contributed by atoms with Crippen molar-refractivity contribution in [3.8, 4) is 11.1 Å². The number of aryl methyl sites for hydroxylation is 1. The second-order valence-corrected chi connectivity index (χ2v) is 15.8. The summed E-state index contributed by atoms with van der Waals surface area (Å²) in [4.78, 5) is 18.2. The molecule has 3 heterocycles. The number of fused-ring (bicyclic) bond motifs is 4. The molecule has 7 rings (SSSR count). The number of hydrogen-bond acceptors (Lipinski definition) is 7. The Morgan fingerprint density at radius 2 is 1.76 bits per heavy atom. The van der Waals surface area contributed by atoms with Crippen LogP contribution in [0, 0.1) is 17.6 Å². The molecular formula is C33H27Cl2F7N8O3S. The molecule has 286 valence electrons. The lowest BCUT2D eigenvalue weighted by Gasteiger charge is -2.34. The van der Waals surface area contributed by atoms with E-state index in [-0.39, 0.29) is 67.8 Å². The van der Waals surface area contributed by atoms with Crippen LogP contribution in [0.2, 0.25) is 10.2 Å². The number of nitrogens with two attached hydrogens (primary N) is 1. The van der Waals surface area contributed by atoms with Crippen molar-refractivity contribution in [2.75, 3.05) is 16.7 Å². The number of amides is 1. The quantitative estimate of drug-likeness (QED) is 0.106. The number of carbonyl (C=O) groups is 1. The van der Waals surface area contributed by atoms with E-state index in [1.807, 2.05) is 0 Å². The van der Waals surface area contributed by atoms with Crippen LogP contribution in [-0.4, -0.2) is 45.1 Å². The van der Waals surface area contributed by atoms with Crippen molar-refractivity contribution >= 4 is 61.5 Å². The van der Waals surface area contributed by atoms with Gasteiger partial charge >= 0.3 is 6.18 Å².